The zero-order valence-electron chi connectivity index (χ0n) is 19.5. The topological polar surface area (TPSA) is 78.0 Å². The number of carbonyl (C=O) groups is 2. The third kappa shape index (κ3) is 3.63. The molecule has 7 nitrogen and oxygen atoms in total. The average molecular weight is 451 g/mol. The zero-order chi connectivity index (χ0) is 23.2. The van der Waals surface area contributed by atoms with Crippen LogP contribution in [0.1, 0.15) is 83.2 Å². The van der Waals surface area contributed by atoms with Crippen molar-refractivity contribution in [2.24, 2.45) is 0 Å². The van der Waals surface area contributed by atoms with Gasteiger partial charge in [0.1, 0.15) is 18.9 Å². The molecule has 3 aliphatic rings. The van der Waals surface area contributed by atoms with Crippen LogP contribution in [0.4, 0.5) is 0 Å². The molecule has 1 aromatic carbocycles. The Morgan fingerprint density at radius 1 is 1.15 bits per heavy atom. The van der Waals surface area contributed by atoms with Crippen molar-refractivity contribution in [3.05, 3.63) is 52.3 Å². The molecule has 0 bridgehead atoms. The Hall–Kier alpha value is -3.09. The van der Waals surface area contributed by atoms with Crippen molar-refractivity contribution in [1.29, 1.82) is 0 Å². The summed E-state index contributed by atoms with van der Waals surface area (Å²) >= 11 is 0. The molecular weight excluding hydrogens is 420 g/mol. The van der Waals surface area contributed by atoms with Gasteiger partial charge in [-0.05, 0) is 69.0 Å². The van der Waals surface area contributed by atoms with Gasteiger partial charge >= 0.3 is 5.97 Å². The summed E-state index contributed by atoms with van der Waals surface area (Å²) in [5, 5.41) is 0. The normalized spacial score (nSPS) is 20.5. The fourth-order valence-electron chi connectivity index (χ4n) is 5.60. The highest BCUT2D eigenvalue weighted by Crippen LogP contribution is 2.52. The summed E-state index contributed by atoms with van der Waals surface area (Å²) in [5.74, 6) is 1.03. The third-order valence-electron chi connectivity index (χ3n) is 7.30. The quantitative estimate of drug-likeness (QED) is 0.647. The number of amides is 1. The monoisotopic (exact) mass is 450 g/mol. The van der Waals surface area contributed by atoms with E-state index in [1.54, 1.807) is 26.0 Å². The Morgan fingerprint density at radius 3 is 2.52 bits per heavy atom. The molecule has 33 heavy (non-hydrogen) atoms. The number of hydrogen-bond donors (Lipinski definition) is 0. The van der Waals surface area contributed by atoms with Gasteiger partial charge in [0.15, 0.2) is 11.5 Å². The molecule has 1 atom stereocenters. The first kappa shape index (κ1) is 21.7. The standard InChI is InChI=1S/C26H30N2O5/c1-4-31-25(30)18-7-8-21(27-16(18)2)24(29)28-15-26(9-5-6-10-26)20-14-23-22(32-11-12-33-23)13-19(20)17(28)3/h7-8,13-14,17H,4-6,9-12,15H2,1-3H3. The van der Waals surface area contributed by atoms with E-state index in [2.05, 4.69) is 24.0 Å². The second kappa shape index (κ2) is 8.36. The van der Waals surface area contributed by atoms with Gasteiger partial charge in [-0.15, -0.1) is 0 Å². The summed E-state index contributed by atoms with van der Waals surface area (Å²) in [6, 6.07) is 7.37. The summed E-state index contributed by atoms with van der Waals surface area (Å²) in [5.41, 5.74) is 3.58. The molecule has 1 unspecified atom stereocenters. The number of rotatable bonds is 3. The lowest BCUT2D eigenvalue weighted by atomic mass is 9.71. The molecule has 2 aliphatic heterocycles. The number of esters is 1. The Labute approximate surface area is 194 Å². The van der Waals surface area contributed by atoms with Gasteiger partial charge in [0.2, 0.25) is 0 Å². The molecule has 174 valence electrons. The Balaban J connectivity index is 1.51. The van der Waals surface area contributed by atoms with Crippen molar-refractivity contribution in [3.63, 3.8) is 0 Å². The van der Waals surface area contributed by atoms with Gasteiger partial charge in [0, 0.05) is 12.0 Å². The maximum absolute atomic E-state index is 13.7. The van der Waals surface area contributed by atoms with Crippen molar-refractivity contribution >= 4 is 11.9 Å². The van der Waals surface area contributed by atoms with Crippen LogP contribution in [0.3, 0.4) is 0 Å². The summed E-state index contributed by atoms with van der Waals surface area (Å²) in [6.07, 6.45) is 4.39. The number of carbonyl (C=O) groups excluding carboxylic acids is 2. The van der Waals surface area contributed by atoms with E-state index in [9.17, 15) is 9.59 Å². The van der Waals surface area contributed by atoms with Crippen molar-refractivity contribution < 1.29 is 23.8 Å². The van der Waals surface area contributed by atoms with E-state index in [1.807, 2.05) is 4.90 Å². The number of aromatic nitrogens is 1. The highest BCUT2D eigenvalue weighted by Gasteiger charge is 2.46. The van der Waals surface area contributed by atoms with Crippen molar-refractivity contribution in [3.8, 4) is 11.5 Å². The molecule has 1 saturated carbocycles. The van der Waals surface area contributed by atoms with Gasteiger partial charge in [-0.2, -0.15) is 0 Å². The molecule has 3 heterocycles. The Morgan fingerprint density at radius 2 is 1.85 bits per heavy atom. The number of benzene rings is 1. The smallest absolute Gasteiger partial charge is 0.339 e. The minimum atomic E-state index is -0.418. The summed E-state index contributed by atoms with van der Waals surface area (Å²) in [4.78, 5) is 32.3. The summed E-state index contributed by atoms with van der Waals surface area (Å²) in [6.45, 7) is 7.61. The maximum Gasteiger partial charge on any atom is 0.339 e. The summed E-state index contributed by atoms with van der Waals surface area (Å²) < 4.78 is 16.8. The largest absolute Gasteiger partial charge is 0.486 e. The van der Waals surface area contributed by atoms with Crippen LogP contribution in [0, 0.1) is 6.92 Å². The van der Waals surface area contributed by atoms with Crippen LogP contribution in [0.25, 0.3) is 0 Å². The number of fused-ring (bicyclic) bond motifs is 3. The molecule has 1 aliphatic carbocycles. The van der Waals surface area contributed by atoms with Gasteiger partial charge in [-0.1, -0.05) is 12.8 Å². The SMILES string of the molecule is CCOC(=O)c1ccc(C(=O)N2CC3(CCCC3)c3cc4c(cc3C2C)OCCO4)nc1C. The fraction of sp³-hybridized carbons (Fsp3) is 0.500. The number of pyridine rings is 1. The van der Waals surface area contributed by atoms with Gasteiger partial charge in [-0.25, -0.2) is 9.78 Å². The molecule has 1 aromatic heterocycles. The molecule has 1 spiro atoms. The maximum atomic E-state index is 13.7. The second-order valence-corrected chi connectivity index (χ2v) is 9.23. The lowest BCUT2D eigenvalue weighted by Gasteiger charge is -2.46. The fourth-order valence-corrected chi connectivity index (χ4v) is 5.60. The van der Waals surface area contributed by atoms with Crippen LogP contribution in [0.5, 0.6) is 11.5 Å². The van der Waals surface area contributed by atoms with Crippen LogP contribution in [0.2, 0.25) is 0 Å². The van der Waals surface area contributed by atoms with E-state index in [-0.39, 0.29) is 17.4 Å². The van der Waals surface area contributed by atoms with Crippen molar-refractivity contribution in [2.45, 2.75) is 57.9 Å². The second-order valence-electron chi connectivity index (χ2n) is 9.23. The van der Waals surface area contributed by atoms with Crippen LogP contribution in [0.15, 0.2) is 24.3 Å². The van der Waals surface area contributed by atoms with Gasteiger partial charge in [-0.3, -0.25) is 4.79 Å². The first-order valence-electron chi connectivity index (χ1n) is 11.8. The van der Waals surface area contributed by atoms with Crippen LogP contribution >= 0.6 is 0 Å². The number of hydrogen-bond acceptors (Lipinski definition) is 6. The van der Waals surface area contributed by atoms with Crippen molar-refractivity contribution in [1.82, 2.24) is 9.88 Å². The highest BCUT2D eigenvalue weighted by atomic mass is 16.6. The molecule has 1 amide bonds. The lowest BCUT2D eigenvalue weighted by molar-refractivity contribution is 0.0521. The van der Waals surface area contributed by atoms with E-state index in [0.717, 1.165) is 42.7 Å². The Kier molecular flexibility index (Phi) is 5.51. The van der Waals surface area contributed by atoms with E-state index in [0.29, 0.717) is 43.3 Å². The number of aryl methyl sites for hydroxylation is 1. The lowest BCUT2D eigenvalue weighted by Crippen LogP contribution is -2.49. The zero-order valence-corrected chi connectivity index (χ0v) is 19.5. The molecule has 0 saturated heterocycles. The van der Waals surface area contributed by atoms with Crippen LogP contribution in [-0.4, -0.2) is 48.1 Å². The first-order chi connectivity index (χ1) is 15.9. The van der Waals surface area contributed by atoms with Crippen LogP contribution < -0.4 is 9.47 Å². The van der Waals surface area contributed by atoms with E-state index in [1.165, 1.54) is 5.56 Å². The third-order valence-corrected chi connectivity index (χ3v) is 7.30. The number of nitrogens with zero attached hydrogens (tertiary/aromatic N) is 2. The molecular formula is C26H30N2O5. The van der Waals surface area contributed by atoms with Gasteiger partial charge in [0.05, 0.1) is 23.9 Å². The van der Waals surface area contributed by atoms with Gasteiger partial charge in [0.25, 0.3) is 5.91 Å². The van der Waals surface area contributed by atoms with Crippen molar-refractivity contribution in [2.75, 3.05) is 26.4 Å². The minimum absolute atomic E-state index is 0.0761. The molecule has 2 aromatic rings. The molecule has 7 heteroatoms. The Bertz CT molecular complexity index is 1110. The molecule has 1 fully saturated rings. The average Bonchev–Trinajstić information content (AvgIpc) is 3.29. The molecule has 5 rings (SSSR count). The van der Waals surface area contributed by atoms with Gasteiger partial charge < -0.3 is 19.1 Å². The predicted octanol–water partition coefficient (Wildman–Crippen LogP) is 4.37. The predicted molar refractivity (Wildman–Crippen MR) is 122 cm³/mol. The minimum Gasteiger partial charge on any atom is -0.486 e. The van der Waals surface area contributed by atoms with E-state index >= 15 is 0 Å². The van der Waals surface area contributed by atoms with E-state index in [4.69, 9.17) is 14.2 Å². The molecule has 0 radical (unpaired) electrons. The number of ether oxygens (including phenoxy) is 3. The molecule has 0 N–H and O–H groups in total. The first-order valence-corrected chi connectivity index (χ1v) is 11.8. The summed E-state index contributed by atoms with van der Waals surface area (Å²) in [7, 11) is 0. The van der Waals surface area contributed by atoms with Crippen LogP contribution in [-0.2, 0) is 10.2 Å². The van der Waals surface area contributed by atoms with E-state index < -0.39 is 5.97 Å². The highest BCUT2D eigenvalue weighted by molar-refractivity contribution is 5.95.